The van der Waals surface area contributed by atoms with Crippen LogP contribution in [0, 0.1) is 0 Å². The highest BCUT2D eigenvalue weighted by Gasteiger charge is 2.23. The lowest BCUT2D eigenvalue weighted by atomic mass is 10.0. The molecule has 5 heteroatoms. The van der Waals surface area contributed by atoms with Crippen LogP contribution in [0.1, 0.15) is 37.3 Å². The molecular formula is C18H28N2O3. The molecule has 1 heterocycles. The van der Waals surface area contributed by atoms with Crippen LogP contribution in [-0.2, 0) is 11.2 Å². The fourth-order valence-corrected chi connectivity index (χ4v) is 2.68. The second kappa shape index (κ2) is 8.89. The van der Waals surface area contributed by atoms with E-state index in [0.29, 0.717) is 32.2 Å². The maximum Gasteiger partial charge on any atom is 0.317 e. The quantitative estimate of drug-likeness (QED) is 0.790. The first kappa shape index (κ1) is 17.8. The molecular weight excluding hydrogens is 292 g/mol. The number of carbonyl (C=O) groups is 1. The molecule has 0 aromatic heterocycles. The molecule has 1 aromatic rings. The highest BCUT2D eigenvalue weighted by Crippen LogP contribution is 2.15. The van der Waals surface area contributed by atoms with Crippen LogP contribution in [0.5, 0.6) is 0 Å². The van der Waals surface area contributed by atoms with E-state index < -0.39 is 0 Å². The van der Waals surface area contributed by atoms with E-state index in [-0.39, 0.29) is 18.7 Å². The van der Waals surface area contributed by atoms with Crippen LogP contribution in [0.15, 0.2) is 24.3 Å². The van der Waals surface area contributed by atoms with Crippen LogP contribution < -0.4 is 5.32 Å². The molecule has 0 bridgehead atoms. The number of hydrogen-bond acceptors (Lipinski definition) is 3. The van der Waals surface area contributed by atoms with E-state index in [1.165, 1.54) is 11.1 Å². The van der Waals surface area contributed by atoms with Crippen molar-refractivity contribution in [1.29, 1.82) is 0 Å². The van der Waals surface area contributed by atoms with Gasteiger partial charge in [-0.3, -0.25) is 0 Å². The van der Waals surface area contributed by atoms with Crippen LogP contribution in [-0.4, -0.2) is 55.0 Å². The third-order valence-corrected chi connectivity index (χ3v) is 4.19. The average Bonchev–Trinajstić information content (AvgIpc) is 2.59. The molecule has 0 radical (unpaired) electrons. The average molecular weight is 320 g/mol. The Labute approximate surface area is 138 Å². The van der Waals surface area contributed by atoms with E-state index in [4.69, 9.17) is 9.84 Å². The first-order valence-electron chi connectivity index (χ1n) is 8.44. The summed E-state index contributed by atoms with van der Waals surface area (Å²) >= 11 is 0. The Morgan fingerprint density at radius 2 is 2.13 bits per heavy atom. The van der Waals surface area contributed by atoms with E-state index in [0.717, 1.165) is 12.8 Å². The summed E-state index contributed by atoms with van der Waals surface area (Å²) in [5.41, 5.74) is 2.66. The number of aryl methyl sites for hydroxylation is 1. The van der Waals surface area contributed by atoms with Crippen molar-refractivity contribution in [3.63, 3.8) is 0 Å². The molecule has 2 N–H and O–H groups in total. The molecule has 5 nitrogen and oxygen atoms in total. The van der Waals surface area contributed by atoms with Crippen molar-refractivity contribution in [2.75, 3.05) is 32.8 Å². The first-order valence-corrected chi connectivity index (χ1v) is 8.44. The Morgan fingerprint density at radius 3 is 2.78 bits per heavy atom. The molecule has 1 aliphatic heterocycles. The van der Waals surface area contributed by atoms with Crippen LogP contribution in [0.2, 0.25) is 0 Å². The normalized spacial score (nSPS) is 18.3. The maximum absolute atomic E-state index is 12.1. The topological polar surface area (TPSA) is 61.8 Å². The van der Waals surface area contributed by atoms with Gasteiger partial charge in [-0.1, -0.05) is 38.1 Å². The Bertz CT molecular complexity index is 488. The fourth-order valence-electron chi connectivity index (χ4n) is 2.68. The molecule has 1 aliphatic rings. The van der Waals surface area contributed by atoms with Gasteiger partial charge in [-0.25, -0.2) is 4.79 Å². The monoisotopic (exact) mass is 320 g/mol. The zero-order valence-electron chi connectivity index (χ0n) is 14.1. The number of carbonyl (C=O) groups excluding carboxylic acids is 1. The Kier molecular flexibility index (Phi) is 6.86. The van der Waals surface area contributed by atoms with Gasteiger partial charge in [-0.2, -0.15) is 0 Å². The number of hydrogen-bond donors (Lipinski definition) is 2. The Balaban J connectivity index is 1.67. The lowest BCUT2D eigenvalue weighted by Gasteiger charge is -2.32. The summed E-state index contributed by atoms with van der Waals surface area (Å²) in [6, 6.07) is 8.64. The molecule has 0 aliphatic carbocycles. The van der Waals surface area contributed by atoms with Gasteiger partial charge in [-0.15, -0.1) is 0 Å². The minimum absolute atomic E-state index is 0.0455. The van der Waals surface area contributed by atoms with Crippen molar-refractivity contribution in [3.05, 3.63) is 35.4 Å². The standard InChI is InChI=1S/C18H28N2O3/c1-14(2)16-7-5-15(6-8-16)4-3-9-19-18(22)20-10-11-23-17(12-20)13-21/h5-8,14,17,21H,3-4,9-13H2,1-2H3,(H,19,22)/t17-/m0/s1. The number of nitrogens with one attached hydrogen (secondary N) is 1. The smallest absolute Gasteiger partial charge is 0.317 e. The second-order valence-electron chi connectivity index (χ2n) is 6.35. The number of amides is 2. The van der Waals surface area contributed by atoms with Gasteiger partial charge in [0.25, 0.3) is 0 Å². The highest BCUT2D eigenvalue weighted by molar-refractivity contribution is 5.74. The number of aliphatic hydroxyl groups excluding tert-OH is 1. The van der Waals surface area contributed by atoms with Crippen molar-refractivity contribution < 1.29 is 14.6 Å². The van der Waals surface area contributed by atoms with Gasteiger partial charge >= 0.3 is 6.03 Å². The summed E-state index contributed by atoms with van der Waals surface area (Å²) in [7, 11) is 0. The van der Waals surface area contributed by atoms with Gasteiger partial charge in [-0.05, 0) is 29.9 Å². The number of morpholine rings is 1. The number of benzene rings is 1. The number of rotatable bonds is 6. The Morgan fingerprint density at radius 1 is 1.39 bits per heavy atom. The minimum Gasteiger partial charge on any atom is -0.394 e. The SMILES string of the molecule is CC(C)c1ccc(CCCNC(=O)N2CCO[C@H](CO)C2)cc1. The molecule has 2 rings (SSSR count). The molecule has 128 valence electrons. The predicted octanol–water partition coefficient (Wildman–Crippen LogP) is 2.15. The van der Waals surface area contributed by atoms with Gasteiger partial charge in [0.1, 0.15) is 0 Å². The summed E-state index contributed by atoms with van der Waals surface area (Å²) in [5.74, 6) is 0.555. The number of urea groups is 1. The van der Waals surface area contributed by atoms with E-state index >= 15 is 0 Å². The number of nitrogens with zero attached hydrogens (tertiary/aromatic N) is 1. The van der Waals surface area contributed by atoms with E-state index in [9.17, 15) is 4.79 Å². The molecule has 1 saturated heterocycles. The van der Waals surface area contributed by atoms with Crippen molar-refractivity contribution >= 4 is 6.03 Å². The van der Waals surface area contributed by atoms with Crippen molar-refractivity contribution in [1.82, 2.24) is 10.2 Å². The van der Waals surface area contributed by atoms with E-state index in [1.54, 1.807) is 4.90 Å². The van der Waals surface area contributed by atoms with Crippen molar-refractivity contribution in [3.8, 4) is 0 Å². The van der Waals surface area contributed by atoms with Crippen LogP contribution in [0.25, 0.3) is 0 Å². The minimum atomic E-state index is -0.256. The summed E-state index contributed by atoms with van der Waals surface area (Å²) in [6.45, 7) is 6.52. The van der Waals surface area contributed by atoms with E-state index in [1.807, 2.05) is 0 Å². The summed E-state index contributed by atoms with van der Waals surface area (Å²) < 4.78 is 5.35. The summed E-state index contributed by atoms with van der Waals surface area (Å²) in [4.78, 5) is 13.8. The van der Waals surface area contributed by atoms with Gasteiger partial charge < -0.3 is 20.1 Å². The highest BCUT2D eigenvalue weighted by atomic mass is 16.5. The van der Waals surface area contributed by atoms with Crippen molar-refractivity contribution in [2.24, 2.45) is 0 Å². The van der Waals surface area contributed by atoms with Crippen LogP contribution in [0.3, 0.4) is 0 Å². The second-order valence-corrected chi connectivity index (χ2v) is 6.35. The molecule has 1 fully saturated rings. The number of ether oxygens (including phenoxy) is 1. The van der Waals surface area contributed by atoms with Gasteiger partial charge in [0.05, 0.1) is 25.9 Å². The summed E-state index contributed by atoms with van der Waals surface area (Å²) in [5, 5.41) is 12.0. The fraction of sp³-hybridized carbons (Fsp3) is 0.611. The van der Waals surface area contributed by atoms with Gasteiger partial charge in [0.15, 0.2) is 0 Å². The molecule has 23 heavy (non-hydrogen) atoms. The van der Waals surface area contributed by atoms with Crippen molar-refractivity contribution in [2.45, 2.75) is 38.7 Å². The Hall–Kier alpha value is -1.59. The number of aliphatic hydroxyl groups is 1. The lowest BCUT2D eigenvalue weighted by Crippen LogP contribution is -2.50. The largest absolute Gasteiger partial charge is 0.394 e. The third kappa shape index (κ3) is 5.52. The predicted molar refractivity (Wildman–Crippen MR) is 90.6 cm³/mol. The molecule has 0 spiro atoms. The zero-order valence-corrected chi connectivity index (χ0v) is 14.1. The van der Waals surface area contributed by atoms with Gasteiger partial charge in [0.2, 0.25) is 0 Å². The van der Waals surface area contributed by atoms with E-state index in [2.05, 4.69) is 43.4 Å². The summed E-state index contributed by atoms with van der Waals surface area (Å²) in [6.07, 6.45) is 1.62. The third-order valence-electron chi connectivity index (χ3n) is 4.19. The molecule has 0 unspecified atom stereocenters. The zero-order chi connectivity index (χ0) is 16.7. The molecule has 1 atom stereocenters. The molecule has 1 aromatic carbocycles. The maximum atomic E-state index is 12.1. The molecule has 0 saturated carbocycles. The lowest BCUT2D eigenvalue weighted by molar-refractivity contribution is -0.0402. The van der Waals surface area contributed by atoms with Crippen LogP contribution >= 0.6 is 0 Å². The van der Waals surface area contributed by atoms with Crippen LogP contribution in [0.4, 0.5) is 4.79 Å². The first-order chi connectivity index (χ1) is 11.1. The molecule has 2 amide bonds. The van der Waals surface area contributed by atoms with Gasteiger partial charge in [0, 0.05) is 13.1 Å².